The lowest BCUT2D eigenvalue weighted by Crippen LogP contribution is -2.49. The van der Waals surface area contributed by atoms with Crippen molar-refractivity contribution in [3.8, 4) is 5.75 Å². The van der Waals surface area contributed by atoms with Gasteiger partial charge in [-0.25, -0.2) is 4.79 Å². The molecule has 1 fully saturated rings. The highest BCUT2D eigenvalue weighted by molar-refractivity contribution is 6.42. The monoisotopic (exact) mass is 497 g/mol. The third-order valence-electron chi connectivity index (χ3n) is 5.66. The summed E-state index contributed by atoms with van der Waals surface area (Å²) in [5, 5.41) is 3.87. The second kappa shape index (κ2) is 10.8. The van der Waals surface area contributed by atoms with E-state index in [1.165, 1.54) is 0 Å². The zero-order chi connectivity index (χ0) is 24.1. The highest BCUT2D eigenvalue weighted by Crippen LogP contribution is 2.26. The fraction of sp³-hybridized carbons (Fsp3) is 0.231. The fourth-order valence-electron chi connectivity index (χ4n) is 3.88. The first-order valence-electron chi connectivity index (χ1n) is 11.0. The molecule has 0 atom stereocenters. The molecule has 0 bridgehead atoms. The molecule has 0 saturated carbocycles. The molecule has 6 nitrogen and oxygen atoms in total. The molecular formula is C26H25Cl2N3O3. The summed E-state index contributed by atoms with van der Waals surface area (Å²) in [5.74, 6) is 0.641. The molecular weight excluding hydrogens is 473 g/mol. The van der Waals surface area contributed by atoms with Crippen molar-refractivity contribution in [3.63, 3.8) is 0 Å². The Kier molecular flexibility index (Phi) is 7.60. The van der Waals surface area contributed by atoms with E-state index in [1.54, 1.807) is 29.0 Å². The van der Waals surface area contributed by atoms with E-state index in [1.807, 2.05) is 54.6 Å². The number of nitrogens with zero attached hydrogens (tertiary/aromatic N) is 2. The first kappa shape index (κ1) is 23.9. The van der Waals surface area contributed by atoms with E-state index in [4.69, 9.17) is 27.9 Å². The number of hydrogen-bond donors (Lipinski definition) is 1. The van der Waals surface area contributed by atoms with Crippen LogP contribution < -0.4 is 15.0 Å². The van der Waals surface area contributed by atoms with Crippen molar-refractivity contribution in [2.24, 2.45) is 0 Å². The molecule has 176 valence electrons. The van der Waals surface area contributed by atoms with Gasteiger partial charge in [0, 0.05) is 31.0 Å². The van der Waals surface area contributed by atoms with Gasteiger partial charge in [0.25, 0.3) is 0 Å². The van der Waals surface area contributed by atoms with E-state index in [9.17, 15) is 9.59 Å². The maximum absolute atomic E-state index is 13.1. The van der Waals surface area contributed by atoms with Crippen molar-refractivity contribution >= 4 is 46.5 Å². The van der Waals surface area contributed by atoms with Gasteiger partial charge in [0.1, 0.15) is 5.75 Å². The topological polar surface area (TPSA) is 61.9 Å². The minimum atomic E-state index is -0.111. The van der Waals surface area contributed by atoms with Gasteiger partial charge in [-0.15, -0.1) is 0 Å². The van der Waals surface area contributed by atoms with E-state index in [0.717, 1.165) is 29.0 Å². The lowest BCUT2D eigenvalue weighted by atomic mass is 10.1. The van der Waals surface area contributed by atoms with Crippen molar-refractivity contribution in [2.45, 2.75) is 19.4 Å². The molecule has 1 aliphatic rings. The van der Waals surface area contributed by atoms with Gasteiger partial charge in [0.15, 0.2) is 0 Å². The number of carbonyl (C=O) groups excluding carboxylic acids is 2. The van der Waals surface area contributed by atoms with Gasteiger partial charge in [0.05, 0.1) is 23.6 Å². The normalized spacial score (nSPS) is 13.7. The van der Waals surface area contributed by atoms with Crippen molar-refractivity contribution in [1.29, 1.82) is 0 Å². The van der Waals surface area contributed by atoms with Crippen LogP contribution in [0.15, 0.2) is 66.7 Å². The standard InChI is InChI=1S/C26H25Cl2N3O3/c1-34-22-10-3-18(4-11-22)16-25(32)29-20-6-8-21(9-7-20)31-14-2-13-30(26(31)33)17-19-5-12-23(27)24(28)15-19/h3-12,15H,2,13-14,16-17H2,1H3,(H,29,32). The summed E-state index contributed by atoms with van der Waals surface area (Å²) in [6.07, 6.45) is 1.12. The lowest BCUT2D eigenvalue weighted by Gasteiger charge is -2.35. The first-order valence-corrected chi connectivity index (χ1v) is 11.7. The number of hydrogen-bond acceptors (Lipinski definition) is 3. The maximum Gasteiger partial charge on any atom is 0.324 e. The quantitative estimate of drug-likeness (QED) is 0.434. The van der Waals surface area contributed by atoms with Gasteiger partial charge in [-0.1, -0.05) is 41.4 Å². The number of benzene rings is 3. The summed E-state index contributed by atoms with van der Waals surface area (Å²) in [4.78, 5) is 29.1. The molecule has 1 heterocycles. The second-order valence-corrected chi connectivity index (χ2v) is 8.89. The van der Waals surface area contributed by atoms with Crippen molar-refractivity contribution < 1.29 is 14.3 Å². The van der Waals surface area contributed by atoms with Crippen LogP contribution in [0, 0.1) is 0 Å². The van der Waals surface area contributed by atoms with Crippen LogP contribution in [0.25, 0.3) is 0 Å². The highest BCUT2D eigenvalue weighted by Gasteiger charge is 2.27. The molecule has 8 heteroatoms. The van der Waals surface area contributed by atoms with Crippen LogP contribution in [0.1, 0.15) is 17.5 Å². The van der Waals surface area contributed by atoms with Gasteiger partial charge >= 0.3 is 6.03 Å². The summed E-state index contributed by atoms with van der Waals surface area (Å²) in [6, 6.07) is 20.1. The maximum atomic E-state index is 13.1. The van der Waals surface area contributed by atoms with Crippen molar-refractivity contribution in [3.05, 3.63) is 87.9 Å². The average molecular weight is 498 g/mol. The second-order valence-electron chi connectivity index (χ2n) is 8.08. The van der Waals surface area contributed by atoms with E-state index < -0.39 is 0 Å². The SMILES string of the molecule is COc1ccc(CC(=O)Nc2ccc(N3CCCN(Cc4ccc(Cl)c(Cl)c4)C3=O)cc2)cc1. The minimum absolute atomic E-state index is 0.0615. The Bertz CT molecular complexity index is 1170. The first-order chi connectivity index (χ1) is 16.4. The Morgan fingerprint density at radius 3 is 2.32 bits per heavy atom. The summed E-state index contributed by atoms with van der Waals surface area (Å²) < 4.78 is 5.14. The molecule has 1 N–H and O–H groups in total. The van der Waals surface area contributed by atoms with Gasteiger partial charge in [-0.2, -0.15) is 0 Å². The fourth-order valence-corrected chi connectivity index (χ4v) is 4.21. The molecule has 1 saturated heterocycles. The predicted molar refractivity (Wildman–Crippen MR) is 136 cm³/mol. The van der Waals surface area contributed by atoms with Gasteiger partial charge in [-0.3, -0.25) is 9.69 Å². The molecule has 3 aromatic carbocycles. The van der Waals surface area contributed by atoms with Gasteiger partial charge in [-0.05, 0) is 66.1 Å². The van der Waals surface area contributed by atoms with Crippen LogP contribution in [0.4, 0.5) is 16.2 Å². The molecule has 0 spiro atoms. The molecule has 0 unspecified atom stereocenters. The van der Waals surface area contributed by atoms with E-state index in [2.05, 4.69) is 5.32 Å². The minimum Gasteiger partial charge on any atom is -0.497 e. The van der Waals surface area contributed by atoms with Crippen molar-refractivity contribution in [1.82, 2.24) is 4.90 Å². The van der Waals surface area contributed by atoms with Crippen LogP contribution in [-0.4, -0.2) is 37.0 Å². The van der Waals surface area contributed by atoms with Crippen LogP contribution in [0.5, 0.6) is 5.75 Å². The number of nitrogens with one attached hydrogen (secondary N) is 1. The zero-order valence-corrected chi connectivity index (χ0v) is 20.3. The average Bonchev–Trinajstić information content (AvgIpc) is 2.84. The highest BCUT2D eigenvalue weighted by atomic mass is 35.5. The number of ether oxygens (including phenoxy) is 1. The lowest BCUT2D eigenvalue weighted by molar-refractivity contribution is -0.115. The number of amides is 3. The Balaban J connectivity index is 1.36. The molecule has 3 amide bonds. The van der Waals surface area contributed by atoms with Crippen LogP contribution in [-0.2, 0) is 17.8 Å². The largest absolute Gasteiger partial charge is 0.497 e. The molecule has 0 radical (unpaired) electrons. The Morgan fingerprint density at radius 1 is 0.941 bits per heavy atom. The number of methoxy groups -OCH3 is 1. The van der Waals surface area contributed by atoms with E-state index in [0.29, 0.717) is 35.4 Å². The van der Waals surface area contributed by atoms with Crippen molar-refractivity contribution in [2.75, 3.05) is 30.4 Å². The smallest absolute Gasteiger partial charge is 0.324 e. The summed E-state index contributed by atoms with van der Waals surface area (Å²) in [5.41, 5.74) is 3.30. The Morgan fingerprint density at radius 2 is 1.65 bits per heavy atom. The summed E-state index contributed by atoms with van der Waals surface area (Å²) in [6.45, 7) is 1.78. The van der Waals surface area contributed by atoms with E-state index >= 15 is 0 Å². The van der Waals surface area contributed by atoms with Gasteiger partial charge < -0.3 is 15.0 Å². The molecule has 34 heavy (non-hydrogen) atoms. The third kappa shape index (κ3) is 5.82. The van der Waals surface area contributed by atoms with Gasteiger partial charge in [0.2, 0.25) is 5.91 Å². The summed E-state index contributed by atoms with van der Waals surface area (Å²) in [7, 11) is 1.61. The zero-order valence-electron chi connectivity index (χ0n) is 18.8. The number of carbonyl (C=O) groups is 2. The Hall–Kier alpha value is -3.22. The molecule has 0 aromatic heterocycles. The molecule has 1 aliphatic heterocycles. The molecule has 3 aromatic rings. The number of rotatable bonds is 7. The third-order valence-corrected chi connectivity index (χ3v) is 6.39. The van der Waals surface area contributed by atoms with E-state index in [-0.39, 0.29) is 18.4 Å². The number of anilines is 2. The Labute approximate surface area is 209 Å². The number of halogens is 2. The summed E-state index contributed by atoms with van der Waals surface area (Å²) >= 11 is 12.1. The molecule has 0 aliphatic carbocycles. The molecule has 4 rings (SSSR count). The predicted octanol–water partition coefficient (Wildman–Crippen LogP) is 6.02. The van der Waals surface area contributed by atoms with Crippen LogP contribution >= 0.6 is 23.2 Å². The van der Waals surface area contributed by atoms with Crippen LogP contribution in [0.3, 0.4) is 0 Å². The van der Waals surface area contributed by atoms with Crippen LogP contribution in [0.2, 0.25) is 10.0 Å². The number of urea groups is 1.